The molecule has 9 heteroatoms. The Labute approximate surface area is 188 Å². The first-order valence-corrected chi connectivity index (χ1v) is 10.3. The first-order chi connectivity index (χ1) is 14.8. The molecule has 3 N–H and O–H groups in total. The van der Waals surface area contributed by atoms with E-state index in [1.54, 1.807) is 24.5 Å². The summed E-state index contributed by atoms with van der Waals surface area (Å²) in [5.41, 5.74) is 9.53. The summed E-state index contributed by atoms with van der Waals surface area (Å²) in [4.78, 5) is 30.4. The van der Waals surface area contributed by atoms with Crippen LogP contribution in [0.5, 0.6) is 0 Å². The van der Waals surface area contributed by atoms with Crippen LogP contribution >= 0.6 is 12.4 Å². The van der Waals surface area contributed by atoms with Crippen LogP contribution in [0.25, 0.3) is 22.3 Å². The van der Waals surface area contributed by atoms with Gasteiger partial charge in [0.25, 0.3) is 5.56 Å². The van der Waals surface area contributed by atoms with Crippen molar-refractivity contribution >= 4 is 29.3 Å². The molecule has 4 heterocycles. The first-order valence-electron chi connectivity index (χ1n) is 10.3. The quantitative estimate of drug-likeness (QED) is 0.425. The molecular formula is C23H21ClFN3O4. The lowest BCUT2D eigenvalue weighted by molar-refractivity contribution is -0.172. The summed E-state index contributed by atoms with van der Waals surface area (Å²) in [6.07, 6.45) is 0.594. The van der Waals surface area contributed by atoms with Gasteiger partial charge in [-0.05, 0) is 42.5 Å². The van der Waals surface area contributed by atoms with Crippen molar-refractivity contribution in [2.24, 2.45) is 5.73 Å². The van der Waals surface area contributed by atoms with Gasteiger partial charge in [-0.25, -0.2) is 14.2 Å². The Morgan fingerprint density at radius 2 is 2.06 bits per heavy atom. The van der Waals surface area contributed by atoms with Crippen molar-refractivity contribution in [3.05, 3.63) is 61.7 Å². The number of pyridine rings is 2. The van der Waals surface area contributed by atoms with Gasteiger partial charge in [0.05, 0.1) is 29.0 Å². The van der Waals surface area contributed by atoms with E-state index in [-0.39, 0.29) is 60.5 Å². The van der Waals surface area contributed by atoms with Crippen molar-refractivity contribution < 1.29 is 19.0 Å². The second-order valence-electron chi connectivity index (χ2n) is 8.62. The van der Waals surface area contributed by atoms with Gasteiger partial charge < -0.3 is 20.1 Å². The topological polar surface area (TPSA) is 107 Å². The van der Waals surface area contributed by atoms with Gasteiger partial charge in [-0.15, -0.1) is 12.4 Å². The minimum absolute atomic E-state index is 0. The Morgan fingerprint density at radius 3 is 2.78 bits per heavy atom. The molecular weight excluding hydrogens is 437 g/mol. The fourth-order valence-electron chi connectivity index (χ4n) is 5.41. The van der Waals surface area contributed by atoms with E-state index < -0.39 is 11.6 Å². The van der Waals surface area contributed by atoms with E-state index in [0.29, 0.717) is 28.9 Å². The molecule has 0 amide bonds. The number of aromatic nitrogens is 2. The lowest BCUT2D eigenvalue weighted by atomic mass is 9.86. The van der Waals surface area contributed by atoms with E-state index in [1.165, 1.54) is 6.07 Å². The van der Waals surface area contributed by atoms with Crippen molar-refractivity contribution in [3.8, 4) is 11.4 Å². The lowest BCUT2D eigenvalue weighted by Gasteiger charge is -2.31. The van der Waals surface area contributed by atoms with E-state index in [1.807, 2.05) is 0 Å². The van der Waals surface area contributed by atoms with Crippen LogP contribution in [0.2, 0.25) is 0 Å². The molecule has 166 valence electrons. The smallest absolute Gasteiger partial charge is 0.343 e. The third-order valence-corrected chi connectivity index (χ3v) is 7.14. The van der Waals surface area contributed by atoms with Gasteiger partial charge in [0.15, 0.2) is 5.60 Å². The summed E-state index contributed by atoms with van der Waals surface area (Å²) in [6, 6.07) is 2.76. The number of ether oxygens (including phenoxy) is 1. The second-order valence-corrected chi connectivity index (χ2v) is 8.62. The van der Waals surface area contributed by atoms with E-state index in [4.69, 9.17) is 15.5 Å². The van der Waals surface area contributed by atoms with Gasteiger partial charge in [0.1, 0.15) is 12.4 Å². The lowest BCUT2D eigenvalue weighted by Crippen LogP contribution is -2.44. The SMILES string of the molecule is CC[C@@]1(O)C(=O)OCc2c1cc1n(c2=O)Cc2c-1nc1cc(F)c(C)c3c1c2[C@H](N)C3.Cl. The highest BCUT2D eigenvalue weighted by molar-refractivity contribution is 5.94. The Hall–Kier alpha value is -2.81. The van der Waals surface area contributed by atoms with Gasteiger partial charge in [0.2, 0.25) is 0 Å². The minimum Gasteiger partial charge on any atom is -0.458 e. The summed E-state index contributed by atoms with van der Waals surface area (Å²) in [5, 5.41) is 11.9. The molecule has 0 saturated heterocycles. The van der Waals surface area contributed by atoms with Crippen molar-refractivity contribution in [2.45, 2.75) is 51.5 Å². The number of rotatable bonds is 1. The number of nitrogens with zero attached hydrogens (tertiary/aromatic N) is 2. The number of halogens is 2. The number of cyclic esters (lactones) is 1. The predicted octanol–water partition coefficient (Wildman–Crippen LogP) is 2.50. The monoisotopic (exact) mass is 457 g/mol. The summed E-state index contributed by atoms with van der Waals surface area (Å²) in [7, 11) is 0. The zero-order chi connectivity index (χ0) is 21.8. The highest BCUT2D eigenvalue weighted by Gasteiger charge is 2.45. The molecule has 1 aromatic carbocycles. The van der Waals surface area contributed by atoms with Crippen molar-refractivity contribution in [1.29, 1.82) is 0 Å². The van der Waals surface area contributed by atoms with Crippen LogP contribution in [0.4, 0.5) is 4.39 Å². The van der Waals surface area contributed by atoms with Gasteiger partial charge in [-0.2, -0.15) is 0 Å². The molecule has 7 nitrogen and oxygen atoms in total. The zero-order valence-corrected chi connectivity index (χ0v) is 18.3. The number of benzene rings is 1. The first kappa shape index (κ1) is 21.1. The number of nitrogens with two attached hydrogens (primary N) is 1. The van der Waals surface area contributed by atoms with Crippen molar-refractivity contribution in [2.75, 3.05) is 0 Å². The average molecular weight is 458 g/mol. The van der Waals surface area contributed by atoms with Crippen LogP contribution < -0.4 is 11.3 Å². The molecule has 2 atom stereocenters. The summed E-state index contributed by atoms with van der Waals surface area (Å²) in [6.45, 7) is 3.52. The van der Waals surface area contributed by atoms with Crippen LogP contribution in [0.1, 0.15) is 52.8 Å². The van der Waals surface area contributed by atoms with Gasteiger partial charge >= 0.3 is 5.97 Å². The van der Waals surface area contributed by atoms with Crippen LogP contribution in [-0.2, 0) is 34.7 Å². The fourth-order valence-corrected chi connectivity index (χ4v) is 5.41. The van der Waals surface area contributed by atoms with E-state index in [9.17, 15) is 19.1 Å². The molecule has 3 aromatic rings. The molecule has 0 fully saturated rings. The number of esters is 1. The van der Waals surface area contributed by atoms with Gasteiger partial charge in [0, 0.05) is 28.6 Å². The Morgan fingerprint density at radius 1 is 1.31 bits per heavy atom. The van der Waals surface area contributed by atoms with E-state index in [2.05, 4.69) is 0 Å². The molecule has 32 heavy (non-hydrogen) atoms. The van der Waals surface area contributed by atoms with Crippen molar-refractivity contribution in [1.82, 2.24) is 9.55 Å². The van der Waals surface area contributed by atoms with Crippen molar-refractivity contribution in [3.63, 3.8) is 0 Å². The molecule has 2 aliphatic heterocycles. The average Bonchev–Trinajstić information content (AvgIpc) is 3.28. The highest BCUT2D eigenvalue weighted by atomic mass is 35.5. The Bertz CT molecular complexity index is 1430. The number of carbonyl (C=O) groups is 1. The maximum atomic E-state index is 14.6. The molecule has 1 aliphatic carbocycles. The standard InChI is InChI=1S/C23H20FN3O4.ClH/c1-3-23(30)13-5-17-20-11(7-27(17)21(28)12(13)8-31-22(23)29)18-15(25)4-10-9(2)14(24)6-16(26-20)19(10)18;/h5-6,15,30H,3-4,7-8,25H2,1-2H3;1H/t15-,23+;/m1./s1. The maximum Gasteiger partial charge on any atom is 0.343 e. The summed E-state index contributed by atoms with van der Waals surface area (Å²) >= 11 is 0. The zero-order valence-electron chi connectivity index (χ0n) is 17.5. The molecule has 0 unspecified atom stereocenters. The van der Waals surface area contributed by atoms with Gasteiger partial charge in [-0.1, -0.05) is 6.92 Å². The maximum absolute atomic E-state index is 14.6. The molecule has 3 aliphatic rings. The van der Waals surface area contributed by atoms with Crippen LogP contribution in [0.15, 0.2) is 16.9 Å². The number of aliphatic hydroxyl groups is 1. The molecule has 0 radical (unpaired) electrons. The normalized spacial score (nSPS) is 22.3. The predicted molar refractivity (Wildman–Crippen MR) is 117 cm³/mol. The number of hydrogen-bond donors (Lipinski definition) is 2. The van der Waals surface area contributed by atoms with E-state index in [0.717, 1.165) is 22.1 Å². The van der Waals surface area contributed by atoms with E-state index >= 15 is 0 Å². The number of fused-ring (bicyclic) bond motifs is 5. The molecule has 0 spiro atoms. The summed E-state index contributed by atoms with van der Waals surface area (Å²) in [5.74, 6) is -1.10. The third-order valence-electron chi connectivity index (χ3n) is 7.14. The molecule has 6 rings (SSSR count). The number of hydrogen-bond acceptors (Lipinski definition) is 6. The summed E-state index contributed by atoms with van der Waals surface area (Å²) < 4.78 is 21.2. The third kappa shape index (κ3) is 2.34. The van der Waals surface area contributed by atoms with Crippen LogP contribution in [-0.4, -0.2) is 20.6 Å². The van der Waals surface area contributed by atoms with Crippen LogP contribution in [0.3, 0.4) is 0 Å². The highest BCUT2D eigenvalue weighted by Crippen LogP contribution is 2.46. The Kier molecular flexibility index (Phi) is 4.34. The van der Waals surface area contributed by atoms with Crippen LogP contribution in [0, 0.1) is 12.7 Å². The molecule has 0 bridgehead atoms. The molecule has 0 saturated carbocycles. The molecule has 2 aromatic heterocycles. The minimum atomic E-state index is -1.88. The fraction of sp³-hybridized carbons (Fsp3) is 0.348. The largest absolute Gasteiger partial charge is 0.458 e. The Balaban J connectivity index is 0.00000216. The second kappa shape index (κ2) is 6.60. The van der Waals surface area contributed by atoms with Gasteiger partial charge in [-0.3, -0.25) is 4.79 Å². The number of carbonyl (C=O) groups excluding carboxylic acids is 1.